The van der Waals surface area contributed by atoms with Gasteiger partial charge in [0.2, 0.25) is 0 Å². The molecule has 0 saturated carbocycles. The highest BCUT2D eigenvalue weighted by atomic mass is 14.7. The predicted octanol–water partition coefficient (Wildman–Crippen LogP) is 2.41. The molecule has 0 saturated heterocycles. The van der Waals surface area contributed by atoms with E-state index >= 15 is 0 Å². The van der Waals surface area contributed by atoms with Crippen LogP contribution in [0, 0.1) is 13.8 Å². The SMILES string of the molecule is Cc1cc2cnccc2nc1C.N. The maximum atomic E-state index is 4.44. The first-order chi connectivity index (χ1) is 5.77. The van der Waals surface area contributed by atoms with Gasteiger partial charge in [0.15, 0.2) is 0 Å². The highest BCUT2D eigenvalue weighted by Gasteiger charge is 1.97. The van der Waals surface area contributed by atoms with Gasteiger partial charge in [0.25, 0.3) is 0 Å². The topological polar surface area (TPSA) is 60.8 Å². The molecule has 0 fully saturated rings. The zero-order valence-electron chi connectivity index (χ0n) is 7.91. The lowest BCUT2D eigenvalue weighted by Gasteiger charge is -2.00. The Morgan fingerprint density at radius 2 is 2.00 bits per heavy atom. The molecule has 3 N–H and O–H groups in total. The van der Waals surface area contributed by atoms with Gasteiger partial charge in [-0.15, -0.1) is 0 Å². The molecule has 0 amide bonds. The number of pyridine rings is 2. The number of hydrogen-bond acceptors (Lipinski definition) is 3. The van der Waals surface area contributed by atoms with Crippen molar-refractivity contribution in [2.24, 2.45) is 0 Å². The molecule has 13 heavy (non-hydrogen) atoms. The molecular weight excluding hydrogens is 162 g/mol. The Bertz CT molecular complexity index is 383. The lowest BCUT2D eigenvalue weighted by atomic mass is 10.2. The summed E-state index contributed by atoms with van der Waals surface area (Å²) in [5.41, 5.74) is 3.33. The molecule has 2 rings (SSSR count). The Morgan fingerprint density at radius 1 is 1.23 bits per heavy atom. The third-order valence-corrected chi connectivity index (χ3v) is 2.06. The van der Waals surface area contributed by atoms with Crippen LogP contribution in [0.4, 0.5) is 0 Å². The summed E-state index contributed by atoms with van der Waals surface area (Å²) in [6.45, 7) is 4.09. The molecule has 0 radical (unpaired) electrons. The Labute approximate surface area is 77.4 Å². The molecule has 3 heteroatoms. The smallest absolute Gasteiger partial charge is 0.0736 e. The van der Waals surface area contributed by atoms with E-state index in [0.29, 0.717) is 0 Å². The monoisotopic (exact) mass is 175 g/mol. The molecule has 0 aromatic carbocycles. The summed E-state index contributed by atoms with van der Waals surface area (Å²) in [7, 11) is 0. The van der Waals surface area contributed by atoms with Crippen molar-refractivity contribution in [1.29, 1.82) is 0 Å². The molecular formula is C10H13N3. The van der Waals surface area contributed by atoms with Gasteiger partial charge >= 0.3 is 0 Å². The predicted molar refractivity (Wildman–Crippen MR) is 54.0 cm³/mol. The van der Waals surface area contributed by atoms with Gasteiger partial charge in [0, 0.05) is 23.5 Å². The molecule has 0 spiro atoms. The van der Waals surface area contributed by atoms with E-state index in [1.807, 2.05) is 19.2 Å². The van der Waals surface area contributed by atoms with E-state index in [9.17, 15) is 0 Å². The number of aryl methyl sites for hydroxylation is 2. The molecule has 0 unspecified atom stereocenters. The van der Waals surface area contributed by atoms with E-state index in [1.54, 1.807) is 6.20 Å². The van der Waals surface area contributed by atoms with Crippen LogP contribution >= 0.6 is 0 Å². The van der Waals surface area contributed by atoms with Crippen molar-refractivity contribution in [3.63, 3.8) is 0 Å². The Morgan fingerprint density at radius 3 is 2.77 bits per heavy atom. The maximum Gasteiger partial charge on any atom is 0.0736 e. The van der Waals surface area contributed by atoms with Crippen LogP contribution in [-0.4, -0.2) is 9.97 Å². The van der Waals surface area contributed by atoms with Crippen molar-refractivity contribution in [3.05, 3.63) is 35.8 Å². The molecule has 0 bridgehead atoms. The summed E-state index contributed by atoms with van der Waals surface area (Å²) in [5.74, 6) is 0. The second-order valence-electron chi connectivity index (χ2n) is 2.96. The maximum absolute atomic E-state index is 4.44. The third-order valence-electron chi connectivity index (χ3n) is 2.06. The average Bonchev–Trinajstić information content (AvgIpc) is 2.07. The van der Waals surface area contributed by atoms with E-state index in [4.69, 9.17) is 0 Å². The molecule has 0 atom stereocenters. The van der Waals surface area contributed by atoms with Gasteiger partial charge in [-0.3, -0.25) is 9.97 Å². The molecule has 2 aromatic rings. The minimum atomic E-state index is 0. The van der Waals surface area contributed by atoms with Crippen LogP contribution in [0.3, 0.4) is 0 Å². The summed E-state index contributed by atoms with van der Waals surface area (Å²) < 4.78 is 0. The summed E-state index contributed by atoms with van der Waals surface area (Å²) in [6, 6.07) is 4.05. The lowest BCUT2D eigenvalue weighted by molar-refractivity contribution is 1.19. The van der Waals surface area contributed by atoms with Crippen molar-refractivity contribution < 1.29 is 0 Å². The molecule has 2 heterocycles. The summed E-state index contributed by atoms with van der Waals surface area (Å²) >= 11 is 0. The van der Waals surface area contributed by atoms with Gasteiger partial charge < -0.3 is 6.15 Å². The number of nitrogens with zero attached hydrogens (tertiary/aromatic N) is 2. The lowest BCUT2D eigenvalue weighted by Crippen LogP contribution is -1.88. The highest BCUT2D eigenvalue weighted by molar-refractivity contribution is 5.78. The van der Waals surface area contributed by atoms with Crippen molar-refractivity contribution >= 4 is 10.9 Å². The molecule has 2 aromatic heterocycles. The van der Waals surface area contributed by atoms with Crippen molar-refractivity contribution in [1.82, 2.24) is 16.1 Å². The van der Waals surface area contributed by atoms with E-state index in [2.05, 4.69) is 23.0 Å². The van der Waals surface area contributed by atoms with Gasteiger partial charge in [-0.2, -0.15) is 0 Å². The van der Waals surface area contributed by atoms with Gasteiger partial charge in [0.05, 0.1) is 5.52 Å². The number of rotatable bonds is 0. The second-order valence-corrected chi connectivity index (χ2v) is 2.96. The minimum absolute atomic E-state index is 0. The van der Waals surface area contributed by atoms with Crippen LogP contribution in [0.1, 0.15) is 11.3 Å². The average molecular weight is 175 g/mol. The van der Waals surface area contributed by atoms with Crippen LogP contribution in [-0.2, 0) is 0 Å². The van der Waals surface area contributed by atoms with E-state index < -0.39 is 0 Å². The van der Waals surface area contributed by atoms with Crippen LogP contribution in [0.15, 0.2) is 24.5 Å². The largest absolute Gasteiger partial charge is 0.344 e. The first-order valence-electron chi connectivity index (χ1n) is 3.95. The fourth-order valence-corrected chi connectivity index (χ4v) is 1.22. The van der Waals surface area contributed by atoms with Crippen LogP contribution < -0.4 is 6.15 Å². The zero-order chi connectivity index (χ0) is 8.55. The zero-order valence-corrected chi connectivity index (χ0v) is 7.91. The Hall–Kier alpha value is -1.48. The van der Waals surface area contributed by atoms with Gasteiger partial charge in [0.1, 0.15) is 0 Å². The van der Waals surface area contributed by atoms with E-state index in [0.717, 1.165) is 16.6 Å². The van der Waals surface area contributed by atoms with Crippen molar-refractivity contribution in [3.8, 4) is 0 Å². The second kappa shape index (κ2) is 3.49. The summed E-state index contributed by atoms with van der Waals surface area (Å²) in [4.78, 5) is 8.48. The number of aromatic nitrogens is 2. The molecule has 0 aliphatic heterocycles. The number of hydrogen-bond donors (Lipinski definition) is 1. The standard InChI is InChI=1S/C10H10N2.H3N/c1-7-5-9-6-11-4-3-10(9)12-8(7)2;/h3-6H,1-2H3;1H3. The van der Waals surface area contributed by atoms with E-state index in [1.165, 1.54) is 5.56 Å². The first kappa shape index (κ1) is 9.61. The fourth-order valence-electron chi connectivity index (χ4n) is 1.22. The van der Waals surface area contributed by atoms with Crippen LogP contribution in [0.5, 0.6) is 0 Å². The first-order valence-corrected chi connectivity index (χ1v) is 3.95. The summed E-state index contributed by atoms with van der Waals surface area (Å²) in [6.07, 6.45) is 3.61. The van der Waals surface area contributed by atoms with Crippen molar-refractivity contribution in [2.75, 3.05) is 0 Å². The fraction of sp³-hybridized carbons (Fsp3) is 0.200. The Kier molecular flexibility index (Phi) is 2.58. The van der Waals surface area contributed by atoms with Crippen LogP contribution in [0.2, 0.25) is 0 Å². The summed E-state index contributed by atoms with van der Waals surface area (Å²) in [5, 5.41) is 1.11. The number of fused-ring (bicyclic) bond motifs is 1. The van der Waals surface area contributed by atoms with Gasteiger partial charge in [-0.25, -0.2) is 0 Å². The Balaban J connectivity index is 0.000000845. The van der Waals surface area contributed by atoms with Gasteiger partial charge in [-0.1, -0.05) is 0 Å². The molecule has 3 nitrogen and oxygen atoms in total. The quantitative estimate of drug-likeness (QED) is 0.668. The highest BCUT2D eigenvalue weighted by Crippen LogP contribution is 2.13. The van der Waals surface area contributed by atoms with E-state index in [-0.39, 0.29) is 6.15 Å². The normalized spacial score (nSPS) is 9.69. The molecule has 68 valence electrons. The molecule has 0 aliphatic carbocycles. The van der Waals surface area contributed by atoms with Crippen molar-refractivity contribution in [2.45, 2.75) is 13.8 Å². The third kappa shape index (κ3) is 1.65. The minimum Gasteiger partial charge on any atom is -0.344 e. The van der Waals surface area contributed by atoms with Crippen LogP contribution in [0.25, 0.3) is 10.9 Å². The molecule has 0 aliphatic rings. The van der Waals surface area contributed by atoms with Gasteiger partial charge in [-0.05, 0) is 31.5 Å².